The fourth-order valence-electron chi connectivity index (χ4n) is 1.05. The Kier molecular flexibility index (Phi) is 4.71. The lowest BCUT2D eigenvalue weighted by molar-refractivity contribution is 0.0437. The van der Waals surface area contributed by atoms with Crippen molar-refractivity contribution in [2.75, 3.05) is 34.4 Å². The van der Waals surface area contributed by atoms with Crippen LogP contribution in [0.1, 0.15) is 21.1 Å². The zero-order valence-electron chi connectivity index (χ0n) is 10.1. The van der Waals surface area contributed by atoms with E-state index in [1.807, 2.05) is 19.0 Å². The molecule has 0 aromatic carbocycles. The molecule has 1 rings (SSSR count). The van der Waals surface area contributed by atoms with Crippen LogP contribution >= 0.6 is 0 Å². The third-order valence-corrected chi connectivity index (χ3v) is 1.97. The Morgan fingerprint density at radius 3 is 2.35 bits per heavy atom. The molecule has 1 aromatic heterocycles. The van der Waals surface area contributed by atoms with Gasteiger partial charge in [-0.05, 0) is 26.2 Å². The van der Waals surface area contributed by atoms with Crippen LogP contribution in [-0.4, -0.2) is 51.2 Å². The Hall–Kier alpha value is -1.82. The summed E-state index contributed by atoms with van der Waals surface area (Å²) in [6, 6.07) is 2.75. The average molecular weight is 241 g/mol. The van der Waals surface area contributed by atoms with Crippen LogP contribution < -0.4 is 0 Å². The van der Waals surface area contributed by atoms with Crippen LogP contribution in [0.25, 0.3) is 0 Å². The standard InChI is InChI=1S/C11H15NO5/c1-12(2)6-7-16-11(14)9-5-4-8(17-9)10(13)15-3/h4-5H,6-7H2,1-3H3. The summed E-state index contributed by atoms with van der Waals surface area (Å²) in [5.74, 6) is -1.25. The summed E-state index contributed by atoms with van der Waals surface area (Å²) in [6.07, 6.45) is 0. The molecule has 0 aliphatic carbocycles. The van der Waals surface area contributed by atoms with Crippen molar-refractivity contribution in [1.29, 1.82) is 0 Å². The van der Waals surface area contributed by atoms with Gasteiger partial charge in [0.1, 0.15) is 6.61 Å². The van der Waals surface area contributed by atoms with Crippen LogP contribution in [0.15, 0.2) is 16.5 Å². The lowest BCUT2D eigenvalue weighted by Crippen LogP contribution is -2.20. The van der Waals surface area contributed by atoms with Crippen LogP contribution in [0.2, 0.25) is 0 Å². The van der Waals surface area contributed by atoms with E-state index in [0.717, 1.165) is 0 Å². The van der Waals surface area contributed by atoms with Gasteiger partial charge in [-0.3, -0.25) is 0 Å². The summed E-state index contributed by atoms with van der Waals surface area (Å²) in [4.78, 5) is 24.4. The topological polar surface area (TPSA) is 69.0 Å². The highest BCUT2D eigenvalue weighted by Gasteiger charge is 2.16. The van der Waals surface area contributed by atoms with Gasteiger partial charge in [0.25, 0.3) is 0 Å². The number of nitrogens with zero attached hydrogens (tertiary/aromatic N) is 1. The molecule has 6 heteroatoms. The fourth-order valence-corrected chi connectivity index (χ4v) is 1.05. The van der Waals surface area contributed by atoms with Gasteiger partial charge in [-0.2, -0.15) is 0 Å². The van der Waals surface area contributed by atoms with Crippen molar-refractivity contribution in [3.05, 3.63) is 23.7 Å². The van der Waals surface area contributed by atoms with E-state index in [-0.39, 0.29) is 18.1 Å². The summed E-state index contributed by atoms with van der Waals surface area (Å²) in [6.45, 7) is 0.885. The van der Waals surface area contributed by atoms with Gasteiger partial charge in [0, 0.05) is 6.54 Å². The maximum Gasteiger partial charge on any atom is 0.374 e. The summed E-state index contributed by atoms with van der Waals surface area (Å²) < 4.78 is 14.4. The van der Waals surface area contributed by atoms with Crippen molar-refractivity contribution in [1.82, 2.24) is 4.90 Å². The highest BCUT2D eigenvalue weighted by Crippen LogP contribution is 2.10. The number of ether oxygens (including phenoxy) is 2. The normalized spacial score (nSPS) is 10.4. The fraction of sp³-hybridized carbons (Fsp3) is 0.455. The maximum absolute atomic E-state index is 11.5. The number of esters is 2. The van der Waals surface area contributed by atoms with Crippen LogP contribution in [-0.2, 0) is 9.47 Å². The quantitative estimate of drug-likeness (QED) is 0.710. The molecule has 94 valence electrons. The molecule has 0 aliphatic heterocycles. The van der Waals surface area contributed by atoms with Crippen molar-refractivity contribution in [2.45, 2.75) is 0 Å². The molecule has 17 heavy (non-hydrogen) atoms. The van der Waals surface area contributed by atoms with Gasteiger partial charge >= 0.3 is 11.9 Å². The second-order valence-corrected chi connectivity index (χ2v) is 3.59. The molecule has 1 heterocycles. The molecule has 0 saturated carbocycles. The molecule has 0 unspecified atom stereocenters. The van der Waals surface area contributed by atoms with Gasteiger partial charge in [0.15, 0.2) is 0 Å². The minimum absolute atomic E-state index is 0.0100. The molecule has 0 bridgehead atoms. The Labute approximate surface area is 99.1 Å². The average Bonchev–Trinajstić information content (AvgIpc) is 2.76. The summed E-state index contributed by atoms with van der Waals surface area (Å²) in [5, 5.41) is 0. The van der Waals surface area contributed by atoms with Crippen molar-refractivity contribution < 1.29 is 23.5 Å². The zero-order valence-corrected chi connectivity index (χ0v) is 10.1. The molecule has 0 atom stereocenters. The monoisotopic (exact) mass is 241 g/mol. The number of furan rings is 1. The van der Waals surface area contributed by atoms with Crippen LogP contribution in [0.5, 0.6) is 0 Å². The molecule has 6 nitrogen and oxygen atoms in total. The van der Waals surface area contributed by atoms with Crippen LogP contribution in [0.3, 0.4) is 0 Å². The Morgan fingerprint density at radius 1 is 1.24 bits per heavy atom. The number of hydrogen-bond acceptors (Lipinski definition) is 6. The van der Waals surface area contributed by atoms with E-state index in [9.17, 15) is 9.59 Å². The minimum Gasteiger partial charge on any atom is -0.463 e. The predicted octanol–water partition coefficient (Wildman–Crippen LogP) is 0.785. The smallest absolute Gasteiger partial charge is 0.374 e. The largest absolute Gasteiger partial charge is 0.463 e. The van der Waals surface area contributed by atoms with E-state index in [1.54, 1.807) is 0 Å². The molecule has 0 fully saturated rings. The van der Waals surface area contributed by atoms with E-state index in [2.05, 4.69) is 4.74 Å². The van der Waals surface area contributed by atoms with E-state index in [4.69, 9.17) is 9.15 Å². The highest BCUT2D eigenvalue weighted by molar-refractivity contribution is 5.90. The number of likely N-dealkylation sites (N-methyl/N-ethyl adjacent to an activating group) is 1. The Balaban J connectivity index is 2.52. The van der Waals surface area contributed by atoms with Crippen LogP contribution in [0.4, 0.5) is 0 Å². The van der Waals surface area contributed by atoms with Gasteiger partial charge in [-0.1, -0.05) is 0 Å². The first-order valence-electron chi connectivity index (χ1n) is 5.04. The molecule has 0 saturated heterocycles. The molecule has 0 aliphatic rings. The van der Waals surface area contributed by atoms with Crippen molar-refractivity contribution >= 4 is 11.9 Å². The van der Waals surface area contributed by atoms with Gasteiger partial charge in [-0.15, -0.1) is 0 Å². The third kappa shape index (κ3) is 3.92. The first-order chi connectivity index (χ1) is 8.04. The maximum atomic E-state index is 11.5. The van der Waals surface area contributed by atoms with Gasteiger partial charge < -0.3 is 18.8 Å². The third-order valence-electron chi connectivity index (χ3n) is 1.97. The SMILES string of the molecule is COC(=O)c1ccc(C(=O)OCCN(C)C)o1. The predicted molar refractivity (Wildman–Crippen MR) is 58.9 cm³/mol. The first-order valence-corrected chi connectivity index (χ1v) is 5.04. The second-order valence-electron chi connectivity index (χ2n) is 3.59. The molecular weight excluding hydrogens is 226 g/mol. The van der Waals surface area contributed by atoms with E-state index in [0.29, 0.717) is 6.54 Å². The lowest BCUT2D eigenvalue weighted by Gasteiger charge is -2.08. The molecule has 0 radical (unpaired) electrons. The zero-order chi connectivity index (χ0) is 12.8. The molecule has 0 amide bonds. The highest BCUT2D eigenvalue weighted by atomic mass is 16.6. The van der Waals surface area contributed by atoms with Crippen molar-refractivity contribution in [3.8, 4) is 0 Å². The number of carbonyl (C=O) groups is 2. The summed E-state index contributed by atoms with van der Waals surface area (Å²) in [7, 11) is 4.98. The van der Waals surface area contributed by atoms with Crippen molar-refractivity contribution in [2.24, 2.45) is 0 Å². The Bertz CT molecular complexity index is 396. The van der Waals surface area contributed by atoms with E-state index >= 15 is 0 Å². The Morgan fingerprint density at radius 2 is 1.82 bits per heavy atom. The number of hydrogen-bond donors (Lipinski definition) is 0. The molecule has 1 aromatic rings. The van der Waals surface area contributed by atoms with E-state index < -0.39 is 11.9 Å². The van der Waals surface area contributed by atoms with E-state index in [1.165, 1.54) is 19.2 Å². The van der Waals surface area contributed by atoms with Gasteiger partial charge in [0.2, 0.25) is 11.5 Å². The van der Waals surface area contributed by atoms with Crippen molar-refractivity contribution in [3.63, 3.8) is 0 Å². The molecule has 0 spiro atoms. The minimum atomic E-state index is -0.627. The molecule has 0 N–H and O–H groups in total. The number of carbonyl (C=O) groups excluding carboxylic acids is 2. The van der Waals surface area contributed by atoms with Crippen LogP contribution in [0, 0.1) is 0 Å². The first kappa shape index (κ1) is 13.2. The second kappa shape index (κ2) is 6.05. The van der Waals surface area contributed by atoms with Gasteiger partial charge in [-0.25, -0.2) is 9.59 Å². The summed E-state index contributed by atoms with van der Waals surface area (Å²) >= 11 is 0. The number of methoxy groups -OCH3 is 1. The van der Waals surface area contributed by atoms with Gasteiger partial charge in [0.05, 0.1) is 7.11 Å². The lowest BCUT2D eigenvalue weighted by atomic mass is 10.4. The summed E-state index contributed by atoms with van der Waals surface area (Å²) in [5.41, 5.74) is 0. The number of rotatable bonds is 5. The molecular formula is C11H15NO5.